The molecule has 0 aliphatic carbocycles. The molecule has 0 amide bonds. The molecule has 86 valence electrons. The molecule has 0 aromatic heterocycles. The minimum Gasteiger partial charge on any atom is -0.381 e. The summed E-state index contributed by atoms with van der Waals surface area (Å²) in [6, 6.07) is 4.70. The van der Waals surface area contributed by atoms with Crippen LogP contribution in [0.15, 0.2) is 18.2 Å². The second-order valence-electron chi connectivity index (χ2n) is 4.49. The molecular formula is C11H12FNO2S. The van der Waals surface area contributed by atoms with Crippen molar-refractivity contribution in [2.24, 2.45) is 0 Å². The molecule has 1 fully saturated rings. The lowest BCUT2D eigenvalue weighted by Gasteiger charge is -2.25. The van der Waals surface area contributed by atoms with Gasteiger partial charge in [0.2, 0.25) is 0 Å². The molecule has 3 rings (SSSR count). The largest absolute Gasteiger partial charge is 0.381 e. The number of anilines is 1. The number of fused-ring (bicyclic) bond motifs is 3. The summed E-state index contributed by atoms with van der Waals surface area (Å²) in [6.07, 6.45) is 0.614. The molecule has 0 bridgehead atoms. The van der Waals surface area contributed by atoms with Gasteiger partial charge in [-0.3, -0.25) is 0 Å². The van der Waals surface area contributed by atoms with Crippen LogP contribution in [0.3, 0.4) is 0 Å². The van der Waals surface area contributed by atoms with Crippen molar-refractivity contribution in [2.75, 3.05) is 16.8 Å². The lowest BCUT2D eigenvalue weighted by atomic mass is 9.95. The SMILES string of the molecule is O=S1(=O)CCC2Nc3ccc(F)cc3C2C1. The van der Waals surface area contributed by atoms with Crippen LogP contribution in [0.25, 0.3) is 0 Å². The van der Waals surface area contributed by atoms with E-state index in [-0.39, 0.29) is 29.3 Å². The summed E-state index contributed by atoms with van der Waals surface area (Å²) in [6.45, 7) is 0. The van der Waals surface area contributed by atoms with Crippen molar-refractivity contribution in [1.29, 1.82) is 0 Å². The van der Waals surface area contributed by atoms with Gasteiger partial charge < -0.3 is 5.32 Å². The molecule has 5 heteroatoms. The van der Waals surface area contributed by atoms with Crippen LogP contribution in [0.5, 0.6) is 0 Å². The minimum absolute atomic E-state index is 0.0792. The van der Waals surface area contributed by atoms with E-state index in [1.807, 2.05) is 0 Å². The van der Waals surface area contributed by atoms with E-state index >= 15 is 0 Å². The van der Waals surface area contributed by atoms with Crippen LogP contribution < -0.4 is 5.32 Å². The summed E-state index contributed by atoms with van der Waals surface area (Å²) in [4.78, 5) is 0. The average molecular weight is 241 g/mol. The van der Waals surface area contributed by atoms with Crippen molar-refractivity contribution in [3.8, 4) is 0 Å². The summed E-state index contributed by atoms with van der Waals surface area (Å²) >= 11 is 0. The van der Waals surface area contributed by atoms with Crippen molar-refractivity contribution >= 4 is 15.5 Å². The third-order valence-corrected chi connectivity index (χ3v) is 5.14. The van der Waals surface area contributed by atoms with E-state index in [1.165, 1.54) is 12.1 Å². The highest BCUT2D eigenvalue weighted by molar-refractivity contribution is 7.91. The Morgan fingerprint density at radius 3 is 3.00 bits per heavy atom. The van der Waals surface area contributed by atoms with Gasteiger partial charge in [0.05, 0.1) is 11.5 Å². The van der Waals surface area contributed by atoms with Crippen LogP contribution >= 0.6 is 0 Å². The number of nitrogens with one attached hydrogen (secondary N) is 1. The first kappa shape index (κ1) is 10.1. The molecule has 2 atom stereocenters. The molecule has 16 heavy (non-hydrogen) atoms. The van der Waals surface area contributed by atoms with Crippen LogP contribution in [0.4, 0.5) is 10.1 Å². The van der Waals surface area contributed by atoms with E-state index in [0.29, 0.717) is 6.42 Å². The Morgan fingerprint density at radius 1 is 1.38 bits per heavy atom. The minimum atomic E-state index is -2.95. The molecule has 2 aliphatic heterocycles. The smallest absolute Gasteiger partial charge is 0.151 e. The first-order valence-corrected chi connectivity index (χ1v) is 7.14. The fourth-order valence-corrected chi connectivity index (χ4v) is 4.37. The van der Waals surface area contributed by atoms with Gasteiger partial charge >= 0.3 is 0 Å². The average Bonchev–Trinajstić information content (AvgIpc) is 2.55. The van der Waals surface area contributed by atoms with Gasteiger partial charge in [0.15, 0.2) is 9.84 Å². The van der Waals surface area contributed by atoms with E-state index in [1.54, 1.807) is 6.07 Å². The van der Waals surface area contributed by atoms with Crippen LogP contribution in [-0.4, -0.2) is 26.0 Å². The summed E-state index contributed by atoms with van der Waals surface area (Å²) in [5, 5.41) is 3.27. The summed E-state index contributed by atoms with van der Waals surface area (Å²) < 4.78 is 36.3. The maximum atomic E-state index is 13.1. The molecule has 0 saturated carbocycles. The van der Waals surface area contributed by atoms with E-state index in [4.69, 9.17) is 0 Å². The highest BCUT2D eigenvalue weighted by Gasteiger charge is 2.39. The Hall–Kier alpha value is -1.10. The Morgan fingerprint density at radius 2 is 2.19 bits per heavy atom. The standard InChI is InChI=1S/C11H12FNO2S/c12-7-1-2-10-8(5-7)9-6-16(14,15)4-3-11(9)13-10/h1-2,5,9,11,13H,3-4,6H2. The predicted octanol–water partition coefficient (Wildman–Crippen LogP) is 1.52. The monoisotopic (exact) mass is 241 g/mol. The van der Waals surface area contributed by atoms with Gasteiger partial charge in [0.25, 0.3) is 0 Å². The Balaban J connectivity index is 2.05. The van der Waals surface area contributed by atoms with Gasteiger partial charge in [-0.15, -0.1) is 0 Å². The van der Waals surface area contributed by atoms with Crippen LogP contribution in [0.2, 0.25) is 0 Å². The Labute approximate surface area is 93.6 Å². The number of hydrogen-bond donors (Lipinski definition) is 1. The second-order valence-corrected chi connectivity index (χ2v) is 6.72. The quantitative estimate of drug-likeness (QED) is 0.749. The van der Waals surface area contributed by atoms with Gasteiger partial charge in [-0.05, 0) is 30.2 Å². The van der Waals surface area contributed by atoms with Gasteiger partial charge in [-0.25, -0.2) is 12.8 Å². The Kier molecular flexibility index (Phi) is 2.01. The normalized spacial score (nSPS) is 30.3. The zero-order valence-corrected chi connectivity index (χ0v) is 9.43. The molecule has 0 spiro atoms. The van der Waals surface area contributed by atoms with Crippen LogP contribution in [-0.2, 0) is 9.84 Å². The van der Waals surface area contributed by atoms with Gasteiger partial charge in [-0.2, -0.15) is 0 Å². The number of benzene rings is 1. The molecule has 2 unspecified atom stereocenters. The van der Waals surface area contributed by atoms with Crippen LogP contribution in [0.1, 0.15) is 17.9 Å². The van der Waals surface area contributed by atoms with Crippen molar-refractivity contribution in [1.82, 2.24) is 0 Å². The maximum Gasteiger partial charge on any atom is 0.151 e. The van der Waals surface area contributed by atoms with Crippen molar-refractivity contribution in [2.45, 2.75) is 18.4 Å². The molecule has 0 radical (unpaired) electrons. The van der Waals surface area contributed by atoms with Crippen LogP contribution in [0, 0.1) is 5.82 Å². The molecule has 1 saturated heterocycles. The van der Waals surface area contributed by atoms with Gasteiger partial charge in [0.1, 0.15) is 5.82 Å². The third kappa shape index (κ3) is 1.50. The number of hydrogen-bond acceptors (Lipinski definition) is 3. The molecule has 1 aromatic carbocycles. The third-order valence-electron chi connectivity index (χ3n) is 3.41. The first-order valence-electron chi connectivity index (χ1n) is 5.31. The molecule has 1 aromatic rings. The topological polar surface area (TPSA) is 46.2 Å². The maximum absolute atomic E-state index is 13.1. The summed E-state index contributed by atoms with van der Waals surface area (Å²) in [7, 11) is -2.95. The fourth-order valence-electron chi connectivity index (χ4n) is 2.63. The molecule has 1 N–H and O–H groups in total. The first-order chi connectivity index (χ1) is 7.55. The molecular weight excluding hydrogens is 229 g/mol. The zero-order valence-electron chi connectivity index (χ0n) is 8.61. The number of halogens is 1. The summed E-state index contributed by atoms with van der Waals surface area (Å²) in [5.41, 5.74) is 1.70. The Bertz CT molecular complexity index is 541. The lowest BCUT2D eigenvalue weighted by molar-refractivity contribution is 0.537. The van der Waals surface area contributed by atoms with Crippen molar-refractivity contribution < 1.29 is 12.8 Å². The van der Waals surface area contributed by atoms with Crippen molar-refractivity contribution in [3.63, 3.8) is 0 Å². The molecule has 2 aliphatic rings. The lowest BCUT2D eigenvalue weighted by Crippen LogP contribution is -2.35. The predicted molar refractivity (Wildman–Crippen MR) is 59.8 cm³/mol. The fraction of sp³-hybridized carbons (Fsp3) is 0.455. The van der Waals surface area contributed by atoms with E-state index < -0.39 is 9.84 Å². The highest BCUT2D eigenvalue weighted by Crippen LogP contribution is 2.40. The van der Waals surface area contributed by atoms with E-state index in [0.717, 1.165) is 11.3 Å². The zero-order chi connectivity index (χ0) is 11.3. The van der Waals surface area contributed by atoms with E-state index in [9.17, 15) is 12.8 Å². The number of rotatable bonds is 0. The number of sulfone groups is 1. The molecule has 3 nitrogen and oxygen atoms in total. The second kappa shape index (κ2) is 3.20. The summed E-state index contributed by atoms with van der Waals surface area (Å²) in [5.74, 6) is -0.00714. The van der Waals surface area contributed by atoms with E-state index in [2.05, 4.69) is 5.32 Å². The van der Waals surface area contributed by atoms with Gasteiger partial charge in [0, 0.05) is 17.6 Å². The van der Waals surface area contributed by atoms with Crippen molar-refractivity contribution in [3.05, 3.63) is 29.6 Å². The van der Waals surface area contributed by atoms with Gasteiger partial charge in [-0.1, -0.05) is 0 Å². The molecule has 2 heterocycles. The highest BCUT2D eigenvalue weighted by atomic mass is 32.2.